The quantitative estimate of drug-likeness (QED) is 0.694. The summed E-state index contributed by atoms with van der Waals surface area (Å²) in [5, 5.41) is 3.33. The minimum atomic E-state index is 0.209. The van der Waals surface area contributed by atoms with E-state index in [1.54, 1.807) is 14.2 Å². The Balaban J connectivity index is 2.21. The van der Waals surface area contributed by atoms with Gasteiger partial charge in [0.2, 0.25) is 0 Å². The SMILES string of the molecule is CNC1CCN(CC(COC)OC)CC1. The zero-order chi connectivity index (χ0) is 11.1. The van der Waals surface area contributed by atoms with E-state index >= 15 is 0 Å². The lowest BCUT2D eigenvalue weighted by molar-refractivity contribution is 0.00146. The molecule has 90 valence electrons. The summed E-state index contributed by atoms with van der Waals surface area (Å²) < 4.78 is 10.5. The van der Waals surface area contributed by atoms with E-state index in [1.165, 1.54) is 12.8 Å². The van der Waals surface area contributed by atoms with Crippen LogP contribution in [0.25, 0.3) is 0 Å². The van der Waals surface area contributed by atoms with E-state index in [-0.39, 0.29) is 6.10 Å². The first-order valence-corrected chi connectivity index (χ1v) is 5.71. The summed E-state index contributed by atoms with van der Waals surface area (Å²) in [7, 11) is 5.52. The molecule has 1 unspecified atom stereocenters. The topological polar surface area (TPSA) is 33.7 Å². The van der Waals surface area contributed by atoms with Crippen molar-refractivity contribution in [2.45, 2.75) is 25.0 Å². The van der Waals surface area contributed by atoms with Crippen molar-refractivity contribution in [2.24, 2.45) is 0 Å². The number of hydrogen-bond donors (Lipinski definition) is 1. The van der Waals surface area contributed by atoms with Crippen molar-refractivity contribution in [2.75, 3.05) is 47.5 Å². The normalized spacial score (nSPS) is 21.8. The minimum absolute atomic E-state index is 0.209. The molecule has 0 aromatic heterocycles. The van der Waals surface area contributed by atoms with Crippen LogP contribution in [-0.2, 0) is 9.47 Å². The van der Waals surface area contributed by atoms with E-state index in [2.05, 4.69) is 10.2 Å². The standard InChI is InChI=1S/C11H24N2O2/c1-12-10-4-6-13(7-5-10)8-11(15-3)9-14-2/h10-12H,4-9H2,1-3H3. The van der Waals surface area contributed by atoms with Crippen molar-refractivity contribution in [3.63, 3.8) is 0 Å². The molecule has 0 aromatic carbocycles. The molecule has 1 heterocycles. The van der Waals surface area contributed by atoms with E-state index in [9.17, 15) is 0 Å². The second-order valence-electron chi connectivity index (χ2n) is 4.18. The summed E-state index contributed by atoms with van der Waals surface area (Å²) in [6, 6.07) is 0.699. The van der Waals surface area contributed by atoms with Gasteiger partial charge in [-0.2, -0.15) is 0 Å². The maximum absolute atomic E-state index is 5.36. The van der Waals surface area contributed by atoms with Crippen LogP contribution in [-0.4, -0.2) is 64.6 Å². The molecule has 0 saturated carbocycles. The van der Waals surface area contributed by atoms with Gasteiger partial charge >= 0.3 is 0 Å². The molecule has 0 aliphatic carbocycles. The van der Waals surface area contributed by atoms with Crippen LogP contribution >= 0.6 is 0 Å². The predicted octanol–water partition coefficient (Wildman–Crippen LogP) is 0.332. The number of nitrogens with zero attached hydrogens (tertiary/aromatic N) is 1. The van der Waals surface area contributed by atoms with E-state index < -0.39 is 0 Å². The summed E-state index contributed by atoms with van der Waals surface area (Å²) in [6.07, 6.45) is 2.68. The molecule has 1 aliphatic rings. The van der Waals surface area contributed by atoms with Gasteiger partial charge in [0.05, 0.1) is 12.7 Å². The highest BCUT2D eigenvalue weighted by atomic mass is 16.5. The molecule has 0 aromatic rings. The summed E-state index contributed by atoms with van der Waals surface area (Å²) in [5.41, 5.74) is 0. The number of methoxy groups -OCH3 is 2. The third kappa shape index (κ3) is 4.47. The highest BCUT2D eigenvalue weighted by Gasteiger charge is 2.20. The first kappa shape index (κ1) is 12.9. The van der Waals surface area contributed by atoms with Crippen LogP contribution in [0.3, 0.4) is 0 Å². The van der Waals surface area contributed by atoms with Gasteiger partial charge in [0, 0.05) is 26.8 Å². The second kappa shape index (κ2) is 7.17. The Bertz CT molecular complexity index is 159. The zero-order valence-corrected chi connectivity index (χ0v) is 10.2. The summed E-state index contributed by atoms with van der Waals surface area (Å²) in [4.78, 5) is 2.46. The molecule has 4 heteroatoms. The lowest BCUT2D eigenvalue weighted by Crippen LogP contribution is -2.45. The van der Waals surface area contributed by atoms with Crippen molar-refractivity contribution in [3.8, 4) is 0 Å². The Morgan fingerprint density at radius 2 is 2.00 bits per heavy atom. The fraction of sp³-hybridized carbons (Fsp3) is 1.00. The van der Waals surface area contributed by atoms with E-state index in [0.717, 1.165) is 19.6 Å². The monoisotopic (exact) mass is 216 g/mol. The first-order valence-electron chi connectivity index (χ1n) is 5.71. The molecule has 1 aliphatic heterocycles. The molecule has 1 atom stereocenters. The van der Waals surface area contributed by atoms with Crippen molar-refractivity contribution in [3.05, 3.63) is 0 Å². The molecule has 15 heavy (non-hydrogen) atoms. The van der Waals surface area contributed by atoms with Gasteiger partial charge in [-0.1, -0.05) is 0 Å². The minimum Gasteiger partial charge on any atom is -0.382 e. The van der Waals surface area contributed by atoms with E-state index in [4.69, 9.17) is 9.47 Å². The predicted molar refractivity (Wildman–Crippen MR) is 61.2 cm³/mol. The van der Waals surface area contributed by atoms with Crippen LogP contribution in [0.1, 0.15) is 12.8 Å². The van der Waals surface area contributed by atoms with Crippen molar-refractivity contribution < 1.29 is 9.47 Å². The Hall–Kier alpha value is -0.160. The van der Waals surface area contributed by atoms with Crippen LogP contribution in [0.4, 0.5) is 0 Å². The highest BCUT2D eigenvalue weighted by molar-refractivity contribution is 4.77. The second-order valence-corrected chi connectivity index (χ2v) is 4.18. The van der Waals surface area contributed by atoms with Crippen LogP contribution in [0.2, 0.25) is 0 Å². The van der Waals surface area contributed by atoms with Crippen LogP contribution < -0.4 is 5.32 Å². The molecule has 0 amide bonds. The fourth-order valence-corrected chi connectivity index (χ4v) is 2.07. The zero-order valence-electron chi connectivity index (χ0n) is 10.2. The van der Waals surface area contributed by atoms with Gasteiger partial charge in [-0.05, 0) is 33.0 Å². The van der Waals surface area contributed by atoms with Gasteiger partial charge in [0.15, 0.2) is 0 Å². The smallest absolute Gasteiger partial charge is 0.0931 e. The molecule has 1 N–H and O–H groups in total. The number of piperidine rings is 1. The number of hydrogen-bond acceptors (Lipinski definition) is 4. The average molecular weight is 216 g/mol. The van der Waals surface area contributed by atoms with Gasteiger partial charge in [-0.3, -0.25) is 0 Å². The third-order valence-corrected chi connectivity index (χ3v) is 3.14. The number of nitrogens with one attached hydrogen (secondary N) is 1. The molecule has 0 spiro atoms. The van der Waals surface area contributed by atoms with Gasteiger partial charge in [-0.25, -0.2) is 0 Å². The molecular formula is C11H24N2O2. The Morgan fingerprint density at radius 3 is 2.47 bits per heavy atom. The molecular weight excluding hydrogens is 192 g/mol. The molecule has 1 saturated heterocycles. The Kier molecular flexibility index (Phi) is 6.17. The molecule has 0 bridgehead atoms. The highest BCUT2D eigenvalue weighted by Crippen LogP contribution is 2.10. The lowest BCUT2D eigenvalue weighted by Gasteiger charge is -2.33. The number of rotatable bonds is 6. The third-order valence-electron chi connectivity index (χ3n) is 3.14. The van der Waals surface area contributed by atoms with Gasteiger partial charge in [0.25, 0.3) is 0 Å². The average Bonchev–Trinajstić information content (AvgIpc) is 2.29. The molecule has 1 fully saturated rings. The summed E-state index contributed by atoms with van der Waals surface area (Å²) in [6.45, 7) is 3.99. The summed E-state index contributed by atoms with van der Waals surface area (Å²) >= 11 is 0. The van der Waals surface area contributed by atoms with Crippen LogP contribution in [0, 0.1) is 0 Å². The Morgan fingerprint density at radius 1 is 1.33 bits per heavy atom. The maximum atomic E-state index is 5.36. The van der Waals surface area contributed by atoms with Crippen LogP contribution in [0.5, 0.6) is 0 Å². The fourth-order valence-electron chi connectivity index (χ4n) is 2.07. The maximum Gasteiger partial charge on any atom is 0.0931 e. The van der Waals surface area contributed by atoms with Crippen molar-refractivity contribution in [1.82, 2.24) is 10.2 Å². The lowest BCUT2D eigenvalue weighted by atomic mass is 10.1. The van der Waals surface area contributed by atoms with Gasteiger partial charge in [0.1, 0.15) is 0 Å². The molecule has 4 nitrogen and oxygen atoms in total. The van der Waals surface area contributed by atoms with Crippen LogP contribution in [0.15, 0.2) is 0 Å². The van der Waals surface area contributed by atoms with Gasteiger partial charge in [-0.15, -0.1) is 0 Å². The van der Waals surface area contributed by atoms with Crippen molar-refractivity contribution in [1.29, 1.82) is 0 Å². The number of likely N-dealkylation sites (tertiary alicyclic amines) is 1. The van der Waals surface area contributed by atoms with Gasteiger partial charge < -0.3 is 19.7 Å². The first-order chi connectivity index (χ1) is 7.30. The largest absolute Gasteiger partial charge is 0.382 e. The summed E-state index contributed by atoms with van der Waals surface area (Å²) in [5.74, 6) is 0. The molecule has 0 radical (unpaired) electrons. The molecule has 1 rings (SSSR count). The Labute approximate surface area is 92.9 Å². The van der Waals surface area contributed by atoms with E-state index in [0.29, 0.717) is 12.6 Å². The number of ether oxygens (including phenoxy) is 2. The van der Waals surface area contributed by atoms with Crippen molar-refractivity contribution >= 4 is 0 Å². The van der Waals surface area contributed by atoms with E-state index in [1.807, 2.05) is 7.05 Å².